The van der Waals surface area contributed by atoms with Crippen molar-refractivity contribution < 1.29 is 18.8 Å². The van der Waals surface area contributed by atoms with Gasteiger partial charge in [0.1, 0.15) is 5.75 Å². The maximum absolute atomic E-state index is 12.2. The van der Waals surface area contributed by atoms with Gasteiger partial charge >= 0.3 is 0 Å². The van der Waals surface area contributed by atoms with Crippen molar-refractivity contribution in [2.75, 3.05) is 18.1 Å². The van der Waals surface area contributed by atoms with Gasteiger partial charge in [0.05, 0.1) is 12.2 Å². The number of nitrogens with one attached hydrogen (secondary N) is 1. The molecule has 0 aliphatic carbocycles. The van der Waals surface area contributed by atoms with Crippen LogP contribution in [0, 0.1) is 6.92 Å². The molecule has 30 heavy (non-hydrogen) atoms. The normalized spacial score (nSPS) is 13.0. The number of nitrogens with zero attached hydrogens (tertiary/aromatic N) is 3. The number of ether oxygens (including phenoxy) is 1. The summed E-state index contributed by atoms with van der Waals surface area (Å²) in [6.45, 7) is 4.75. The van der Waals surface area contributed by atoms with Gasteiger partial charge in [0, 0.05) is 17.7 Å². The number of carbonyl (C=O) groups excluding carboxylic acids is 2. The van der Waals surface area contributed by atoms with Crippen LogP contribution in [0.2, 0.25) is 0 Å². The molecule has 0 bridgehead atoms. The number of aryl methyl sites for hydroxylation is 1. The predicted molar refractivity (Wildman–Crippen MR) is 110 cm³/mol. The Labute approximate surface area is 173 Å². The van der Waals surface area contributed by atoms with Crippen LogP contribution in [0.4, 0.5) is 5.69 Å². The van der Waals surface area contributed by atoms with Gasteiger partial charge in [0.2, 0.25) is 11.7 Å². The summed E-state index contributed by atoms with van der Waals surface area (Å²) < 4.78 is 10.8. The molecule has 2 heterocycles. The lowest BCUT2D eigenvalue weighted by atomic mass is 10.1. The van der Waals surface area contributed by atoms with Gasteiger partial charge in [0.25, 0.3) is 11.8 Å². The minimum absolute atomic E-state index is 0.0411. The Kier molecular flexibility index (Phi) is 5.47. The molecule has 0 spiro atoms. The number of anilines is 1. The highest BCUT2D eigenvalue weighted by molar-refractivity contribution is 5.98. The number of carbonyl (C=O) groups is 2. The van der Waals surface area contributed by atoms with E-state index in [1.54, 1.807) is 23.1 Å². The highest BCUT2D eigenvalue weighted by Gasteiger charge is 2.25. The molecule has 1 aliphatic heterocycles. The van der Waals surface area contributed by atoms with Gasteiger partial charge in [0.15, 0.2) is 6.61 Å². The lowest BCUT2D eigenvalue weighted by Crippen LogP contribution is -2.39. The Morgan fingerprint density at radius 3 is 2.77 bits per heavy atom. The molecule has 1 aromatic heterocycles. The molecule has 3 aromatic rings. The third-order valence-corrected chi connectivity index (χ3v) is 4.79. The molecular weight excluding hydrogens is 384 g/mol. The second-order valence-corrected chi connectivity index (χ2v) is 7.08. The van der Waals surface area contributed by atoms with Crippen LogP contribution in [0.15, 0.2) is 47.0 Å². The van der Waals surface area contributed by atoms with Crippen LogP contribution in [-0.2, 0) is 11.3 Å². The molecule has 0 saturated carbocycles. The summed E-state index contributed by atoms with van der Waals surface area (Å²) in [5.41, 5.74) is 3.05. The van der Waals surface area contributed by atoms with Crippen molar-refractivity contribution in [3.63, 3.8) is 0 Å². The van der Waals surface area contributed by atoms with Crippen LogP contribution >= 0.6 is 0 Å². The number of rotatable bonds is 6. The molecule has 2 aromatic carbocycles. The van der Waals surface area contributed by atoms with Crippen molar-refractivity contribution in [1.82, 2.24) is 15.5 Å². The molecule has 0 fully saturated rings. The Morgan fingerprint density at radius 2 is 2.00 bits per heavy atom. The monoisotopic (exact) mass is 406 g/mol. The summed E-state index contributed by atoms with van der Waals surface area (Å²) in [4.78, 5) is 30.5. The molecule has 2 amide bonds. The molecule has 8 heteroatoms. The number of hydrogen-bond donors (Lipinski definition) is 1. The Morgan fingerprint density at radius 1 is 1.20 bits per heavy atom. The largest absolute Gasteiger partial charge is 0.482 e. The van der Waals surface area contributed by atoms with E-state index in [0.717, 1.165) is 12.0 Å². The standard InChI is InChI=1S/C22H22N4O4/c1-3-10-26-17-11-16(8-9-18(17)29-13-20(26)27)21-24-19(30-25-21)12-23-22(28)15-6-4-14(2)5-7-15/h4-9,11H,3,10,12-13H2,1-2H3,(H,23,28). The number of amides is 2. The fourth-order valence-corrected chi connectivity index (χ4v) is 3.22. The van der Waals surface area contributed by atoms with E-state index in [2.05, 4.69) is 15.5 Å². The first-order valence-corrected chi connectivity index (χ1v) is 9.80. The third-order valence-electron chi connectivity index (χ3n) is 4.79. The molecule has 0 radical (unpaired) electrons. The zero-order valence-electron chi connectivity index (χ0n) is 16.8. The maximum atomic E-state index is 12.2. The van der Waals surface area contributed by atoms with E-state index in [0.29, 0.717) is 40.8 Å². The zero-order chi connectivity index (χ0) is 21.1. The SMILES string of the molecule is CCCN1C(=O)COc2ccc(-c3noc(CNC(=O)c4ccc(C)cc4)n3)cc21. The topological polar surface area (TPSA) is 97.6 Å². The number of hydrogen-bond acceptors (Lipinski definition) is 6. The molecule has 0 saturated heterocycles. The van der Waals surface area contributed by atoms with Crippen LogP contribution in [0.25, 0.3) is 11.4 Å². The van der Waals surface area contributed by atoms with Crippen molar-refractivity contribution in [1.29, 1.82) is 0 Å². The molecule has 4 rings (SSSR count). The summed E-state index contributed by atoms with van der Waals surface area (Å²) in [7, 11) is 0. The van der Waals surface area contributed by atoms with Gasteiger partial charge in [-0.25, -0.2) is 0 Å². The van der Waals surface area contributed by atoms with Crippen LogP contribution in [-0.4, -0.2) is 35.1 Å². The van der Waals surface area contributed by atoms with Crippen molar-refractivity contribution in [3.05, 3.63) is 59.5 Å². The smallest absolute Gasteiger partial charge is 0.265 e. The highest BCUT2D eigenvalue weighted by Crippen LogP contribution is 2.35. The lowest BCUT2D eigenvalue weighted by molar-refractivity contribution is -0.121. The fourth-order valence-electron chi connectivity index (χ4n) is 3.22. The van der Waals surface area contributed by atoms with E-state index in [1.807, 2.05) is 38.1 Å². The zero-order valence-corrected chi connectivity index (χ0v) is 16.8. The molecule has 1 N–H and O–H groups in total. The number of benzene rings is 2. The fraction of sp³-hybridized carbons (Fsp3) is 0.273. The van der Waals surface area contributed by atoms with Crippen molar-refractivity contribution in [2.45, 2.75) is 26.8 Å². The Balaban J connectivity index is 1.48. The van der Waals surface area contributed by atoms with Crippen LogP contribution in [0.3, 0.4) is 0 Å². The predicted octanol–water partition coefficient (Wildman–Crippen LogP) is 3.11. The molecule has 154 valence electrons. The summed E-state index contributed by atoms with van der Waals surface area (Å²) in [5.74, 6) is 1.04. The molecule has 8 nitrogen and oxygen atoms in total. The van der Waals surface area contributed by atoms with Gasteiger partial charge in [-0.3, -0.25) is 9.59 Å². The highest BCUT2D eigenvalue weighted by atomic mass is 16.5. The number of fused-ring (bicyclic) bond motifs is 1. The Bertz CT molecular complexity index is 1070. The van der Waals surface area contributed by atoms with Crippen LogP contribution < -0.4 is 15.0 Å². The van der Waals surface area contributed by atoms with Gasteiger partial charge < -0.3 is 19.5 Å². The van der Waals surface area contributed by atoms with Gasteiger partial charge in [-0.05, 0) is 43.7 Å². The van der Waals surface area contributed by atoms with Crippen molar-refractivity contribution in [3.8, 4) is 17.1 Å². The van der Waals surface area contributed by atoms with Crippen LogP contribution in [0.1, 0.15) is 35.2 Å². The van der Waals surface area contributed by atoms with E-state index in [-0.39, 0.29) is 25.0 Å². The third kappa shape index (κ3) is 4.03. The Hall–Kier alpha value is -3.68. The summed E-state index contributed by atoms with van der Waals surface area (Å²) in [5, 5.41) is 6.78. The van der Waals surface area contributed by atoms with Crippen molar-refractivity contribution >= 4 is 17.5 Å². The summed E-state index contributed by atoms with van der Waals surface area (Å²) in [6.07, 6.45) is 0.836. The molecular formula is C22H22N4O4. The van der Waals surface area contributed by atoms with Gasteiger partial charge in [-0.1, -0.05) is 29.8 Å². The quantitative estimate of drug-likeness (QED) is 0.676. The summed E-state index contributed by atoms with van der Waals surface area (Å²) >= 11 is 0. The van der Waals surface area contributed by atoms with E-state index >= 15 is 0 Å². The second kappa shape index (κ2) is 8.36. The lowest BCUT2D eigenvalue weighted by Gasteiger charge is -2.29. The van der Waals surface area contributed by atoms with E-state index in [1.165, 1.54) is 0 Å². The maximum Gasteiger partial charge on any atom is 0.265 e. The van der Waals surface area contributed by atoms with Crippen LogP contribution in [0.5, 0.6) is 5.75 Å². The first-order chi connectivity index (χ1) is 14.5. The first-order valence-electron chi connectivity index (χ1n) is 9.80. The minimum Gasteiger partial charge on any atom is -0.482 e. The molecule has 0 unspecified atom stereocenters. The van der Waals surface area contributed by atoms with Crippen molar-refractivity contribution in [2.24, 2.45) is 0 Å². The van der Waals surface area contributed by atoms with E-state index in [9.17, 15) is 9.59 Å². The molecule has 0 atom stereocenters. The van der Waals surface area contributed by atoms with E-state index < -0.39 is 0 Å². The summed E-state index contributed by atoms with van der Waals surface area (Å²) in [6, 6.07) is 12.7. The number of aromatic nitrogens is 2. The minimum atomic E-state index is -0.214. The average molecular weight is 406 g/mol. The molecule has 1 aliphatic rings. The van der Waals surface area contributed by atoms with Gasteiger partial charge in [-0.2, -0.15) is 4.98 Å². The second-order valence-electron chi connectivity index (χ2n) is 7.08. The van der Waals surface area contributed by atoms with Gasteiger partial charge in [-0.15, -0.1) is 0 Å². The first kappa shape index (κ1) is 19.6. The average Bonchev–Trinajstić information content (AvgIpc) is 3.23. The van der Waals surface area contributed by atoms with E-state index in [4.69, 9.17) is 9.26 Å².